The Kier molecular flexibility index (Phi) is 6.61. The fourth-order valence-corrected chi connectivity index (χ4v) is 1.94. The Morgan fingerprint density at radius 3 is 2.43 bits per heavy atom. The summed E-state index contributed by atoms with van der Waals surface area (Å²) in [6.45, 7) is 6.79. The molecule has 0 bridgehead atoms. The lowest BCUT2D eigenvalue weighted by molar-refractivity contribution is -0.138. The molecule has 0 fully saturated rings. The van der Waals surface area contributed by atoms with Crippen LogP contribution in [0, 0.1) is 11.7 Å². The van der Waals surface area contributed by atoms with Crippen LogP contribution >= 0.6 is 0 Å². The molecule has 0 saturated carbocycles. The summed E-state index contributed by atoms with van der Waals surface area (Å²) in [5, 5.41) is 3.05. The van der Waals surface area contributed by atoms with Gasteiger partial charge in [-0.25, -0.2) is 4.39 Å². The number of rotatable bonds is 7. The summed E-state index contributed by atoms with van der Waals surface area (Å²) < 4.78 is 57.0. The van der Waals surface area contributed by atoms with Crippen molar-refractivity contribution in [2.24, 2.45) is 5.92 Å². The van der Waals surface area contributed by atoms with Crippen LogP contribution in [-0.4, -0.2) is 19.3 Å². The van der Waals surface area contributed by atoms with Gasteiger partial charge in [0.25, 0.3) is 0 Å². The van der Waals surface area contributed by atoms with Crippen molar-refractivity contribution >= 4 is 0 Å². The highest BCUT2D eigenvalue weighted by molar-refractivity contribution is 5.30. The molecule has 0 aromatic heterocycles. The van der Waals surface area contributed by atoms with Gasteiger partial charge in [0.1, 0.15) is 5.82 Å². The molecule has 0 spiro atoms. The number of benzene rings is 1. The first-order valence-electron chi connectivity index (χ1n) is 6.92. The van der Waals surface area contributed by atoms with Crippen molar-refractivity contribution in [1.82, 2.24) is 5.32 Å². The van der Waals surface area contributed by atoms with E-state index < -0.39 is 17.6 Å². The number of alkyl halides is 3. The van der Waals surface area contributed by atoms with E-state index in [2.05, 4.69) is 5.32 Å². The lowest BCUT2D eigenvalue weighted by Crippen LogP contribution is -2.38. The molecule has 0 aliphatic rings. The molecule has 1 N–H and O–H groups in total. The zero-order valence-corrected chi connectivity index (χ0v) is 12.4. The molecule has 0 amide bonds. The van der Waals surface area contributed by atoms with Gasteiger partial charge in [0, 0.05) is 19.2 Å². The van der Waals surface area contributed by atoms with Gasteiger partial charge in [0.2, 0.25) is 0 Å². The molecule has 6 heteroatoms. The summed E-state index contributed by atoms with van der Waals surface area (Å²) >= 11 is 0. The first-order valence-corrected chi connectivity index (χ1v) is 6.92. The quantitative estimate of drug-likeness (QED) is 0.769. The van der Waals surface area contributed by atoms with Gasteiger partial charge in [-0.1, -0.05) is 19.9 Å². The average molecular weight is 307 g/mol. The molecule has 0 heterocycles. The zero-order valence-electron chi connectivity index (χ0n) is 12.4. The summed E-state index contributed by atoms with van der Waals surface area (Å²) in [7, 11) is 0. The van der Waals surface area contributed by atoms with Gasteiger partial charge in [-0.15, -0.1) is 0 Å². The van der Waals surface area contributed by atoms with Crippen LogP contribution in [0.5, 0.6) is 0 Å². The summed E-state index contributed by atoms with van der Waals surface area (Å²) in [4.78, 5) is 0. The van der Waals surface area contributed by atoms with E-state index in [1.165, 1.54) is 6.07 Å². The Hall–Kier alpha value is -1.14. The average Bonchev–Trinajstić information content (AvgIpc) is 2.38. The van der Waals surface area contributed by atoms with Crippen LogP contribution in [0.2, 0.25) is 0 Å². The third-order valence-corrected chi connectivity index (χ3v) is 3.24. The molecule has 0 radical (unpaired) electrons. The van der Waals surface area contributed by atoms with Crippen molar-refractivity contribution in [2.45, 2.75) is 39.5 Å². The van der Waals surface area contributed by atoms with Crippen LogP contribution in [0.15, 0.2) is 18.2 Å². The molecule has 1 rings (SSSR count). The van der Waals surface area contributed by atoms with Crippen molar-refractivity contribution in [3.63, 3.8) is 0 Å². The van der Waals surface area contributed by atoms with E-state index in [-0.39, 0.29) is 24.1 Å². The third kappa shape index (κ3) is 5.63. The highest BCUT2D eigenvalue weighted by Crippen LogP contribution is 2.32. The normalized spacial score (nSPS) is 13.7. The molecule has 1 atom stereocenters. The van der Waals surface area contributed by atoms with Crippen LogP contribution in [-0.2, 0) is 17.5 Å². The summed E-state index contributed by atoms with van der Waals surface area (Å²) in [5.74, 6) is -0.674. The second kappa shape index (κ2) is 7.75. The SMILES string of the molecule is CCOCC(NCc1ccc(F)cc1C(F)(F)F)C(C)C. The standard InChI is InChI=1S/C15H21F4NO/c1-4-21-9-14(10(2)3)20-8-11-5-6-12(16)7-13(11)15(17,18)19/h5-7,10,14,20H,4,8-9H2,1-3H3. The molecule has 0 aliphatic heterocycles. The van der Waals surface area contributed by atoms with E-state index in [9.17, 15) is 17.6 Å². The molecule has 2 nitrogen and oxygen atoms in total. The first kappa shape index (κ1) is 17.9. The van der Waals surface area contributed by atoms with Gasteiger partial charge in [0.15, 0.2) is 0 Å². The fourth-order valence-electron chi connectivity index (χ4n) is 1.94. The minimum absolute atomic E-state index is 0.0189. The van der Waals surface area contributed by atoms with Crippen LogP contribution in [0.1, 0.15) is 31.9 Å². The third-order valence-electron chi connectivity index (χ3n) is 3.24. The van der Waals surface area contributed by atoms with Gasteiger partial charge < -0.3 is 10.1 Å². The Labute approximate surface area is 122 Å². The van der Waals surface area contributed by atoms with Crippen molar-refractivity contribution in [3.05, 3.63) is 35.1 Å². The first-order chi connectivity index (χ1) is 9.75. The van der Waals surface area contributed by atoms with E-state index >= 15 is 0 Å². The summed E-state index contributed by atoms with van der Waals surface area (Å²) in [6, 6.07) is 2.68. The molecule has 0 saturated heterocycles. The number of nitrogens with one attached hydrogen (secondary N) is 1. The summed E-state index contributed by atoms with van der Waals surface area (Å²) in [6.07, 6.45) is -4.56. The predicted octanol–water partition coefficient (Wildman–Crippen LogP) is 4.00. The molecule has 1 aromatic rings. The monoisotopic (exact) mass is 307 g/mol. The second-order valence-corrected chi connectivity index (χ2v) is 5.19. The molecule has 0 aliphatic carbocycles. The molecule has 1 unspecified atom stereocenters. The zero-order chi connectivity index (χ0) is 16.0. The fraction of sp³-hybridized carbons (Fsp3) is 0.600. The topological polar surface area (TPSA) is 21.3 Å². The second-order valence-electron chi connectivity index (χ2n) is 5.19. The van der Waals surface area contributed by atoms with Crippen LogP contribution in [0.4, 0.5) is 17.6 Å². The van der Waals surface area contributed by atoms with Crippen LogP contribution < -0.4 is 5.32 Å². The van der Waals surface area contributed by atoms with Crippen molar-refractivity contribution in [2.75, 3.05) is 13.2 Å². The maximum atomic E-state index is 13.0. The van der Waals surface area contributed by atoms with Crippen molar-refractivity contribution < 1.29 is 22.3 Å². The Balaban J connectivity index is 2.82. The minimum Gasteiger partial charge on any atom is -0.380 e. The molecule has 120 valence electrons. The van der Waals surface area contributed by atoms with E-state index in [0.717, 1.165) is 6.07 Å². The number of hydrogen-bond acceptors (Lipinski definition) is 2. The maximum absolute atomic E-state index is 13.0. The highest BCUT2D eigenvalue weighted by atomic mass is 19.4. The van der Waals surface area contributed by atoms with E-state index in [0.29, 0.717) is 19.3 Å². The van der Waals surface area contributed by atoms with Crippen molar-refractivity contribution in [1.29, 1.82) is 0 Å². The summed E-state index contributed by atoms with van der Waals surface area (Å²) in [5.41, 5.74) is -0.903. The molecular weight excluding hydrogens is 286 g/mol. The smallest absolute Gasteiger partial charge is 0.380 e. The predicted molar refractivity (Wildman–Crippen MR) is 73.4 cm³/mol. The van der Waals surface area contributed by atoms with Crippen molar-refractivity contribution in [3.8, 4) is 0 Å². The Morgan fingerprint density at radius 2 is 1.90 bits per heavy atom. The molecule has 1 aromatic carbocycles. The van der Waals surface area contributed by atoms with Crippen LogP contribution in [0.3, 0.4) is 0 Å². The van der Waals surface area contributed by atoms with Gasteiger partial charge in [-0.2, -0.15) is 13.2 Å². The Morgan fingerprint density at radius 1 is 1.24 bits per heavy atom. The van der Waals surface area contributed by atoms with E-state index in [1.54, 1.807) is 0 Å². The molecule has 21 heavy (non-hydrogen) atoms. The Bertz CT molecular complexity index is 446. The van der Waals surface area contributed by atoms with E-state index in [4.69, 9.17) is 4.74 Å². The maximum Gasteiger partial charge on any atom is 0.416 e. The molecular formula is C15H21F4NO. The number of halogens is 4. The van der Waals surface area contributed by atoms with Gasteiger partial charge in [-0.3, -0.25) is 0 Å². The highest BCUT2D eigenvalue weighted by Gasteiger charge is 2.33. The van der Waals surface area contributed by atoms with Gasteiger partial charge >= 0.3 is 6.18 Å². The minimum atomic E-state index is -4.56. The van der Waals surface area contributed by atoms with E-state index in [1.807, 2.05) is 20.8 Å². The number of ether oxygens (including phenoxy) is 1. The lowest BCUT2D eigenvalue weighted by Gasteiger charge is -2.23. The number of hydrogen-bond donors (Lipinski definition) is 1. The van der Waals surface area contributed by atoms with Gasteiger partial charge in [-0.05, 0) is 30.5 Å². The van der Waals surface area contributed by atoms with Gasteiger partial charge in [0.05, 0.1) is 12.2 Å². The largest absolute Gasteiger partial charge is 0.416 e. The van der Waals surface area contributed by atoms with Crippen LogP contribution in [0.25, 0.3) is 0 Å². The lowest BCUT2D eigenvalue weighted by atomic mass is 10.0.